The summed E-state index contributed by atoms with van der Waals surface area (Å²) in [6.07, 6.45) is -1.11. The summed E-state index contributed by atoms with van der Waals surface area (Å²) in [6, 6.07) is 0. The second kappa shape index (κ2) is 4.06. The van der Waals surface area contributed by atoms with Crippen molar-refractivity contribution >= 4 is 18.0 Å². The number of hydrogen-bond acceptors (Lipinski definition) is 6. The summed E-state index contributed by atoms with van der Waals surface area (Å²) in [7, 11) is 2.30. The lowest BCUT2D eigenvalue weighted by atomic mass is 10.2. The van der Waals surface area contributed by atoms with Gasteiger partial charge in [0.2, 0.25) is 12.0 Å². The topological polar surface area (TPSA) is 85.4 Å². The smallest absolute Gasteiger partial charge is 0.431 e. The highest BCUT2D eigenvalue weighted by atomic mass is 16.6. The van der Waals surface area contributed by atoms with Gasteiger partial charge in [-0.3, -0.25) is 4.79 Å². The first-order chi connectivity index (χ1) is 8.10. The molecule has 2 bridgehead atoms. The molecule has 17 heavy (non-hydrogen) atoms. The highest BCUT2D eigenvalue weighted by molar-refractivity contribution is 5.97. The van der Waals surface area contributed by atoms with Crippen LogP contribution in [0.1, 0.15) is 0 Å². The second-order valence-electron chi connectivity index (χ2n) is 3.27. The van der Waals surface area contributed by atoms with Gasteiger partial charge in [0.05, 0.1) is 14.2 Å². The molecule has 2 amide bonds. The van der Waals surface area contributed by atoms with Crippen molar-refractivity contribution in [3.8, 4) is 0 Å². The Morgan fingerprint density at radius 3 is 2.41 bits per heavy atom. The van der Waals surface area contributed by atoms with Crippen molar-refractivity contribution in [1.29, 1.82) is 0 Å². The molecule has 0 aliphatic carbocycles. The molecule has 8 nitrogen and oxygen atoms in total. The molecule has 0 aromatic heterocycles. The highest BCUT2D eigenvalue weighted by Gasteiger charge is 2.51. The molecule has 2 aliphatic rings. The summed E-state index contributed by atoms with van der Waals surface area (Å²) in [6.45, 7) is 0. The zero-order valence-electron chi connectivity index (χ0n) is 9.15. The van der Waals surface area contributed by atoms with Gasteiger partial charge in [0.15, 0.2) is 6.23 Å². The van der Waals surface area contributed by atoms with E-state index in [2.05, 4.69) is 9.47 Å². The number of ketones is 1. The fourth-order valence-corrected chi connectivity index (χ4v) is 1.62. The Balaban J connectivity index is 2.35. The van der Waals surface area contributed by atoms with E-state index in [0.717, 1.165) is 24.2 Å². The predicted octanol–water partition coefficient (Wildman–Crippen LogP) is -0.141. The van der Waals surface area contributed by atoms with E-state index in [1.54, 1.807) is 0 Å². The molecule has 2 rings (SSSR count). The SMILES string of the molecule is COC(=O)N1C2C=CC(=O)C(O2)N1C(=O)OC. The minimum atomic E-state index is -1.18. The second-order valence-corrected chi connectivity index (χ2v) is 3.27. The quantitative estimate of drug-likeness (QED) is 0.587. The largest absolute Gasteiger partial charge is 0.451 e. The Bertz CT molecular complexity index is 406. The van der Waals surface area contributed by atoms with E-state index in [1.165, 1.54) is 12.2 Å². The van der Waals surface area contributed by atoms with Crippen molar-refractivity contribution in [1.82, 2.24) is 10.0 Å². The first-order valence-electron chi connectivity index (χ1n) is 4.72. The molecular weight excluding hydrogens is 232 g/mol. The lowest BCUT2D eigenvalue weighted by Crippen LogP contribution is -2.50. The van der Waals surface area contributed by atoms with Gasteiger partial charge < -0.3 is 14.2 Å². The van der Waals surface area contributed by atoms with Crippen LogP contribution in [0.2, 0.25) is 0 Å². The number of hydrogen-bond donors (Lipinski definition) is 0. The Hall–Kier alpha value is -2.09. The molecule has 0 N–H and O–H groups in total. The highest BCUT2D eigenvalue weighted by Crippen LogP contribution is 2.28. The van der Waals surface area contributed by atoms with E-state index < -0.39 is 30.4 Å². The van der Waals surface area contributed by atoms with Gasteiger partial charge in [0.25, 0.3) is 0 Å². The number of methoxy groups -OCH3 is 2. The third-order valence-electron chi connectivity index (χ3n) is 2.36. The van der Waals surface area contributed by atoms with Crippen LogP contribution in [0.4, 0.5) is 9.59 Å². The maximum atomic E-state index is 11.5. The molecule has 2 atom stereocenters. The van der Waals surface area contributed by atoms with Crippen molar-refractivity contribution in [3.05, 3.63) is 12.2 Å². The maximum absolute atomic E-state index is 11.5. The number of carbonyl (C=O) groups excluding carboxylic acids is 3. The number of amides is 2. The van der Waals surface area contributed by atoms with Crippen LogP contribution in [0.3, 0.4) is 0 Å². The van der Waals surface area contributed by atoms with E-state index in [-0.39, 0.29) is 0 Å². The summed E-state index contributed by atoms with van der Waals surface area (Å²) >= 11 is 0. The molecule has 1 saturated heterocycles. The summed E-state index contributed by atoms with van der Waals surface area (Å²) in [4.78, 5) is 34.5. The zero-order chi connectivity index (χ0) is 12.6. The normalized spacial score (nSPS) is 26.1. The van der Waals surface area contributed by atoms with Crippen molar-refractivity contribution < 1.29 is 28.6 Å². The van der Waals surface area contributed by atoms with Gasteiger partial charge in [0.1, 0.15) is 0 Å². The van der Waals surface area contributed by atoms with Crippen LogP contribution in [0.5, 0.6) is 0 Å². The van der Waals surface area contributed by atoms with Crippen LogP contribution < -0.4 is 0 Å². The fourth-order valence-electron chi connectivity index (χ4n) is 1.62. The Kier molecular flexibility index (Phi) is 2.72. The molecule has 92 valence electrons. The number of rotatable bonds is 0. The number of hydrazine groups is 1. The molecule has 0 spiro atoms. The maximum Gasteiger partial charge on any atom is 0.431 e. The summed E-state index contributed by atoms with van der Waals surface area (Å²) in [5, 5.41) is 1.68. The van der Waals surface area contributed by atoms with Crippen molar-refractivity contribution in [2.45, 2.75) is 12.5 Å². The molecule has 0 radical (unpaired) electrons. The molecule has 8 heteroatoms. The van der Waals surface area contributed by atoms with Crippen LogP contribution in [-0.4, -0.2) is 54.7 Å². The van der Waals surface area contributed by atoms with E-state index >= 15 is 0 Å². The molecule has 0 aromatic rings. The monoisotopic (exact) mass is 242 g/mol. The van der Waals surface area contributed by atoms with Crippen molar-refractivity contribution in [2.75, 3.05) is 14.2 Å². The Labute approximate surface area is 96.3 Å². The molecule has 1 fully saturated rings. The van der Waals surface area contributed by atoms with Gasteiger partial charge >= 0.3 is 12.2 Å². The first-order valence-corrected chi connectivity index (χ1v) is 4.72. The van der Waals surface area contributed by atoms with Gasteiger partial charge in [-0.2, -0.15) is 10.0 Å². The van der Waals surface area contributed by atoms with Gasteiger partial charge in [-0.1, -0.05) is 0 Å². The van der Waals surface area contributed by atoms with Crippen LogP contribution >= 0.6 is 0 Å². The Morgan fingerprint density at radius 1 is 1.24 bits per heavy atom. The Morgan fingerprint density at radius 2 is 1.82 bits per heavy atom. The lowest BCUT2D eigenvalue weighted by Gasteiger charge is -2.26. The summed E-state index contributed by atoms with van der Waals surface area (Å²) < 4.78 is 14.2. The van der Waals surface area contributed by atoms with Gasteiger partial charge in [-0.05, 0) is 12.2 Å². The summed E-state index contributed by atoms with van der Waals surface area (Å²) in [5.41, 5.74) is 0. The van der Waals surface area contributed by atoms with Crippen LogP contribution in [-0.2, 0) is 19.0 Å². The molecule has 2 unspecified atom stereocenters. The van der Waals surface area contributed by atoms with E-state index in [4.69, 9.17) is 4.74 Å². The lowest BCUT2D eigenvalue weighted by molar-refractivity contribution is -0.131. The number of nitrogens with zero attached hydrogens (tertiary/aromatic N) is 2. The van der Waals surface area contributed by atoms with Crippen LogP contribution in [0.15, 0.2) is 12.2 Å². The molecule has 2 heterocycles. The average Bonchev–Trinajstić information content (AvgIpc) is 2.67. The third-order valence-corrected chi connectivity index (χ3v) is 2.36. The number of fused-ring (bicyclic) bond motifs is 2. The molecule has 2 aliphatic heterocycles. The number of ether oxygens (including phenoxy) is 3. The number of carbonyl (C=O) groups is 3. The zero-order valence-corrected chi connectivity index (χ0v) is 9.15. The summed E-state index contributed by atoms with van der Waals surface area (Å²) in [5.74, 6) is -0.446. The van der Waals surface area contributed by atoms with E-state index in [1.807, 2.05) is 0 Å². The molecule has 0 saturated carbocycles. The molecule has 0 aromatic carbocycles. The van der Waals surface area contributed by atoms with Crippen molar-refractivity contribution in [2.24, 2.45) is 0 Å². The average molecular weight is 242 g/mol. The van der Waals surface area contributed by atoms with Crippen molar-refractivity contribution in [3.63, 3.8) is 0 Å². The van der Waals surface area contributed by atoms with Crippen LogP contribution in [0, 0.1) is 0 Å². The molecular formula is C9H10N2O6. The standard InChI is InChI=1S/C9H10N2O6/c1-15-8(13)10-6-4-3-5(12)7(17-6)11(10)9(14)16-2/h3-4,6-7H,1-2H3. The predicted molar refractivity (Wildman–Crippen MR) is 51.3 cm³/mol. The third kappa shape index (κ3) is 1.62. The van der Waals surface area contributed by atoms with Crippen LogP contribution in [0.25, 0.3) is 0 Å². The minimum absolute atomic E-state index is 0.446. The van der Waals surface area contributed by atoms with Gasteiger partial charge in [-0.15, -0.1) is 0 Å². The fraction of sp³-hybridized carbons (Fsp3) is 0.444. The van der Waals surface area contributed by atoms with Gasteiger partial charge in [0, 0.05) is 0 Å². The minimum Gasteiger partial charge on any atom is -0.451 e. The first kappa shape index (κ1) is 11.4. The van der Waals surface area contributed by atoms with E-state index in [0.29, 0.717) is 0 Å². The van der Waals surface area contributed by atoms with E-state index in [9.17, 15) is 14.4 Å². The van der Waals surface area contributed by atoms with Gasteiger partial charge in [-0.25, -0.2) is 9.59 Å².